The van der Waals surface area contributed by atoms with Crippen molar-refractivity contribution in [3.63, 3.8) is 0 Å². The Balaban J connectivity index is -0.000000375. The predicted molar refractivity (Wildman–Crippen MR) is 53.2 cm³/mol. The molecule has 0 aromatic carbocycles. The van der Waals surface area contributed by atoms with Crippen LogP contribution in [-0.2, 0) is 9.53 Å². The molecule has 4 atom stereocenters. The SMILES string of the molecule is O=C(O)OC(=O)[C@H](O)[C@@H](O)[C@H](O)[C@H](O)CO.[Ca+2].[H-].[H-]. The van der Waals surface area contributed by atoms with Gasteiger partial charge in [0.1, 0.15) is 18.3 Å². The van der Waals surface area contributed by atoms with Gasteiger partial charge in [0.15, 0.2) is 6.10 Å². The van der Waals surface area contributed by atoms with Gasteiger partial charge >= 0.3 is 49.9 Å². The van der Waals surface area contributed by atoms with E-state index in [0.717, 1.165) is 0 Å². The van der Waals surface area contributed by atoms with Crippen LogP contribution in [0.25, 0.3) is 0 Å². The van der Waals surface area contributed by atoms with Gasteiger partial charge in [0.05, 0.1) is 6.61 Å². The number of carbonyl (C=O) groups excluding carboxylic acids is 1. The summed E-state index contributed by atoms with van der Waals surface area (Å²) in [6.45, 7) is -0.918. The molecule has 9 nitrogen and oxygen atoms in total. The van der Waals surface area contributed by atoms with Crippen LogP contribution < -0.4 is 0 Å². The second kappa shape index (κ2) is 9.00. The summed E-state index contributed by atoms with van der Waals surface area (Å²) >= 11 is 0. The molecule has 0 saturated heterocycles. The van der Waals surface area contributed by atoms with Crippen LogP contribution in [0.3, 0.4) is 0 Å². The Morgan fingerprint density at radius 2 is 1.59 bits per heavy atom. The van der Waals surface area contributed by atoms with Crippen molar-refractivity contribution in [2.24, 2.45) is 0 Å². The third-order valence-corrected chi connectivity index (χ3v) is 1.68. The number of hydrogen-bond donors (Lipinski definition) is 6. The molecule has 0 aliphatic carbocycles. The average molecular weight is 282 g/mol. The van der Waals surface area contributed by atoms with Crippen molar-refractivity contribution in [1.29, 1.82) is 0 Å². The van der Waals surface area contributed by atoms with E-state index in [0.29, 0.717) is 0 Å². The fourth-order valence-corrected chi connectivity index (χ4v) is 0.808. The molecule has 0 heterocycles. The van der Waals surface area contributed by atoms with Gasteiger partial charge in [-0.2, -0.15) is 0 Å². The Morgan fingerprint density at radius 3 is 1.94 bits per heavy atom. The van der Waals surface area contributed by atoms with Crippen LogP contribution in [0.15, 0.2) is 0 Å². The molecule has 98 valence electrons. The second-order valence-corrected chi connectivity index (χ2v) is 2.86. The van der Waals surface area contributed by atoms with E-state index in [1.807, 2.05) is 0 Å². The molecule has 0 amide bonds. The van der Waals surface area contributed by atoms with Crippen molar-refractivity contribution in [3.8, 4) is 0 Å². The molecule has 0 aliphatic rings. The van der Waals surface area contributed by atoms with Gasteiger partial charge in [-0.15, -0.1) is 0 Å². The average Bonchev–Trinajstić information content (AvgIpc) is 2.23. The molecule has 0 fully saturated rings. The first-order valence-electron chi connectivity index (χ1n) is 4.09. The van der Waals surface area contributed by atoms with Crippen molar-refractivity contribution in [2.45, 2.75) is 24.4 Å². The molecule has 10 heteroatoms. The van der Waals surface area contributed by atoms with Crippen LogP contribution in [0.1, 0.15) is 2.85 Å². The number of aliphatic hydroxyl groups is 5. The predicted octanol–water partition coefficient (Wildman–Crippen LogP) is -3.51. The minimum absolute atomic E-state index is 0. The number of hydrogen-bond acceptors (Lipinski definition) is 8. The Hall–Kier alpha value is -0.000260. The van der Waals surface area contributed by atoms with Gasteiger partial charge in [-0.3, -0.25) is 0 Å². The van der Waals surface area contributed by atoms with Crippen molar-refractivity contribution < 1.29 is 47.8 Å². The van der Waals surface area contributed by atoms with Crippen LogP contribution >= 0.6 is 0 Å². The molecule has 0 aromatic heterocycles. The Morgan fingerprint density at radius 1 is 1.12 bits per heavy atom. The summed E-state index contributed by atoms with van der Waals surface area (Å²) in [6, 6.07) is 0. The maximum Gasteiger partial charge on any atom is 2.00 e. The molecule has 0 rings (SSSR count). The molecular weight excluding hydrogens is 268 g/mol. The van der Waals surface area contributed by atoms with Crippen LogP contribution in [0.4, 0.5) is 4.79 Å². The van der Waals surface area contributed by atoms with Gasteiger partial charge in [0.25, 0.3) is 0 Å². The van der Waals surface area contributed by atoms with Crippen LogP contribution in [0.5, 0.6) is 0 Å². The molecule has 6 N–H and O–H groups in total. The van der Waals surface area contributed by atoms with E-state index < -0.39 is 43.1 Å². The van der Waals surface area contributed by atoms with E-state index in [-0.39, 0.29) is 40.6 Å². The van der Waals surface area contributed by atoms with E-state index in [1.165, 1.54) is 0 Å². The number of ether oxygens (including phenoxy) is 1. The number of carboxylic acid groups (broad SMARTS) is 1. The van der Waals surface area contributed by atoms with Gasteiger partial charge < -0.3 is 38.2 Å². The molecule has 0 aliphatic heterocycles. The van der Waals surface area contributed by atoms with Gasteiger partial charge in [0.2, 0.25) is 0 Å². The largest absolute Gasteiger partial charge is 2.00 e. The van der Waals surface area contributed by atoms with E-state index in [1.54, 1.807) is 0 Å². The third kappa shape index (κ3) is 6.48. The summed E-state index contributed by atoms with van der Waals surface area (Å²) in [7, 11) is 0. The van der Waals surface area contributed by atoms with Gasteiger partial charge in [-0.1, -0.05) is 0 Å². The molecule has 0 aromatic rings. The summed E-state index contributed by atoms with van der Waals surface area (Å²) in [5, 5.41) is 52.5. The first kappa shape index (κ1) is 19.3. The van der Waals surface area contributed by atoms with Crippen molar-refractivity contribution in [2.75, 3.05) is 6.61 Å². The quantitative estimate of drug-likeness (QED) is 0.170. The summed E-state index contributed by atoms with van der Waals surface area (Å²) in [4.78, 5) is 20.7. The summed E-state index contributed by atoms with van der Waals surface area (Å²) in [5.74, 6) is -1.70. The number of carbonyl (C=O) groups is 2. The summed E-state index contributed by atoms with van der Waals surface area (Å²) in [6.07, 6.45) is -10.3. The smallest absolute Gasteiger partial charge is 1.00 e. The molecule has 0 radical (unpaired) electrons. The first-order chi connectivity index (χ1) is 7.31. The molecule has 0 unspecified atom stereocenters. The van der Waals surface area contributed by atoms with Crippen molar-refractivity contribution in [3.05, 3.63) is 0 Å². The van der Waals surface area contributed by atoms with Crippen LogP contribution in [-0.4, -0.2) is 112 Å². The van der Waals surface area contributed by atoms with Gasteiger partial charge in [0, 0.05) is 0 Å². The third-order valence-electron chi connectivity index (χ3n) is 1.68. The first-order valence-corrected chi connectivity index (χ1v) is 4.09. The fraction of sp³-hybridized carbons (Fsp3) is 0.714. The van der Waals surface area contributed by atoms with Gasteiger partial charge in [-0.05, 0) is 0 Å². The van der Waals surface area contributed by atoms with Crippen molar-refractivity contribution >= 4 is 49.9 Å². The molecule has 0 bridgehead atoms. The fourth-order valence-electron chi connectivity index (χ4n) is 0.808. The maximum atomic E-state index is 10.7. The molecule has 0 spiro atoms. The normalized spacial score (nSPS) is 17.2. The standard InChI is InChI=1S/C7H12O9.Ca.2H/c8-1-2(9)3(10)4(11)5(12)6(13)16-7(14)15;;;/h2-5,8-12H,1H2,(H,14,15);;;/q;+2;2*-1/t2-,3-,4+,5-;;;/m1.../s1. The number of esters is 1. The van der Waals surface area contributed by atoms with E-state index in [2.05, 4.69) is 4.74 Å². The number of aliphatic hydroxyl groups excluding tert-OH is 5. The number of rotatable bonds is 5. The zero-order valence-electron chi connectivity index (χ0n) is 10.6. The summed E-state index contributed by atoms with van der Waals surface area (Å²) < 4.78 is 3.51. The zero-order valence-corrected chi connectivity index (χ0v) is 10.8. The van der Waals surface area contributed by atoms with Gasteiger partial charge in [-0.25, -0.2) is 9.59 Å². The maximum absolute atomic E-state index is 10.7. The van der Waals surface area contributed by atoms with E-state index >= 15 is 0 Å². The topological polar surface area (TPSA) is 165 Å². The minimum atomic E-state index is -2.35. The Bertz CT molecular complexity index is 267. The molecule has 17 heavy (non-hydrogen) atoms. The minimum Gasteiger partial charge on any atom is -1.00 e. The monoisotopic (exact) mass is 282 g/mol. The Labute approximate surface area is 128 Å². The van der Waals surface area contributed by atoms with Crippen LogP contribution in [0, 0.1) is 0 Å². The van der Waals surface area contributed by atoms with E-state index in [9.17, 15) is 9.59 Å². The second-order valence-electron chi connectivity index (χ2n) is 2.86. The van der Waals surface area contributed by atoms with Crippen LogP contribution in [0.2, 0.25) is 0 Å². The van der Waals surface area contributed by atoms with E-state index in [4.69, 9.17) is 30.6 Å². The Kier molecular flexibility index (Phi) is 10.2. The summed E-state index contributed by atoms with van der Waals surface area (Å²) in [5.41, 5.74) is 0. The molecular formula is C7H14CaO9. The van der Waals surface area contributed by atoms with Crippen molar-refractivity contribution in [1.82, 2.24) is 0 Å². The zero-order chi connectivity index (χ0) is 12.9. The molecule has 0 saturated carbocycles.